The molecule has 22 heteroatoms. The largest absolute Gasteiger partial charge is 0.370 e. The molecule has 0 radical (unpaired) electrons. The smallest absolute Gasteiger partial charge is 0.246 e. The molecule has 77 heavy (non-hydrogen) atoms. The van der Waals surface area contributed by atoms with E-state index in [1.807, 2.05) is 73.7 Å². The number of carbonyl (C=O) groups excluding carboxylic acids is 9. The van der Waals surface area contributed by atoms with E-state index in [9.17, 15) is 33.6 Å². The molecule has 1 aliphatic carbocycles. The molecule has 2 aliphatic rings. The van der Waals surface area contributed by atoms with Gasteiger partial charge >= 0.3 is 0 Å². The van der Waals surface area contributed by atoms with Crippen LogP contribution in [-0.2, 0) is 56.0 Å². The van der Waals surface area contributed by atoms with Crippen molar-refractivity contribution in [3.63, 3.8) is 0 Å². The lowest BCUT2D eigenvalue weighted by atomic mass is 9.80. The number of hydrogen-bond acceptors (Lipinski definition) is 10. The Morgan fingerprint density at radius 3 is 2.17 bits per heavy atom. The Morgan fingerprint density at radius 2 is 1.44 bits per heavy atom. The fraction of sp³-hybridized carbons (Fsp3) is 0.491. The highest BCUT2D eigenvalue weighted by Gasteiger charge is 2.44. The molecule has 2 heterocycles. The fourth-order valence-electron chi connectivity index (χ4n) is 9.96. The van der Waals surface area contributed by atoms with E-state index in [4.69, 9.17) is 17.2 Å². The minimum absolute atomic E-state index is 0.0303. The minimum atomic E-state index is -1.62. The topological polar surface area (TPSA) is 356 Å². The third-order valence-corrected chi connectivity index (χ3v) is 14.2. The Morgan fingerprint density at radius 1 is 0.753 bits per heavy atom. The number of nitrogens with two attached hydrogens (primary N) is 3. The van der Waals surface area contributed by atoms with Crippen LogP contribution in [0.3, 0.4) is 0 Å². The number of nitrogens with zero attached hydrogens (tertiary/aromatic N) is 1. The predicted octanol–water partition coefficient (Wildman–Crippen LogP) is 1.27. The average Bonchev–Trinajstić information content (AvgIpc) is 3.81. The van der Waals surface area contributed by atoms with Gasteiger partial charge in [-0.2, -0.15) is 0 Å². The van der Waals surface area contributed by atoms with Crippen molar-refractivity contribution in [1.82, 2.24) is 47.5 Å². The van der Waals surface area contributed by atoms with Gasteiger partial charge in [0.25, 0.3) is 0 Å². The molecule has 2 fully saturated rings. The summed E-state index contributed by atoms with van der Waals surface area (Å²) in [5.74, 6) is -6.62. The van der Waals surface area contributed by atoms with Crippen LogP contribution in [0, 0.1) is 0 Å². The fourth-order valence-corrected chi connectivity index (χ4v) is 9.96. The molecule has 22 nitrogen and oxygen atoms in total. The summed E-state index contributed by atoms with van der Waals surface area (Å²) in [6.45, 7) is 3.34. The number of primary amides is 1. The SMILES string of the molecule is CCCC[C@H](NC(C)=O)C(=O)N[C@H]1CC(=O)NCCCC[C@@H](C(N)=O)NC(=O)[C@H](Cc2c[nH]c3ccccc23)NC(=O)[C@H](CCCN=C(N)N)NC(=O)[C@@H](Cc2ccc3ccccc3c2)NC(=O)C2(CCCCC2)NC1=O. The van der Waals surface area contributed by atoms with E-state index in [1.54, 1.807) is 6.20 Å². The lowest BCUT2D eigenvalue weighted by molar-refractivity contribution is -0.140. The van der Waals surface area contributed by atoms with Crippen molar-refractivity contribution in [2.45, 2.75) is 158 Å². The molecule has 6 rings (SSSR count). The predicted molar refractivity (Wildman–Crippen MR) is 291 cm³/mol. The number of amides is 9. The molecule has 3 aromatic carbocycles. The van der Waals surface area contributed by atoms with Crippen molar-refractivity contribution in [3.8, 4) is 0 Å². The van der Waals surface area contributed by atoms with Gasteiger partial charge in [-0.15, -0.1) is 0 Å². The van der Waals surface area contributed by atoms with E-state index in [0.717, 1.165) is 28.1 Å². The first-order valence-corrected chi connectivity index (χ1v) is 26.7. The Bertz CT molecular complexity index is 2790. The van der Waals surface area contributed by atoms with Gasteiger partial charge in [0.1, 0.15) is 41.8 Å². The number of hydrogen-bond donors (Lipinski definition) is 12. The summed E-state index contributed by atoms with van der Waals surface area (Å²) in [7, 11) is 0. The highest BCUT2D eigenvalue weighted by atomic mass is 16.2. The molecule has 6 atom stereocenters. The highest BCUT2D eigenvalue weighted by Crippen LogP contribution is 2.30. The number of carbonyl (C=O) groups is 9. The van der Waals surface area contributed by atoms with Gasteiger partial charge in [-0.1, -0.05) is 99.7 Å². The Balaban J connectivity index is 1.40. The van der Waals surface area contributed by atoms with Crippen LogP contribution in [0.4, 0.5) is 0 Å². The van der Waals surface area contributed by atoms with Crippen LogP contribution in [0.25, 0.3) is 21.7 Å². The summed E-state index contributed by atoms with van der Waals surface area (Å²) in [6, 6.07) is 12.9. The number of aromatic nitrogens is 1. The lowest BCUT2D eigenvalue weighted by Crippen LogP contribution is -2.66. The maximum Gasteiger partial charge on any atom is 0.246 e. The summed E-state index contributed by atoms with van der Waals surface area (Å²) < 4.78 is 0. The number of aliphatic imine (C=N–C) groups is 1. The zero-order valence-corrected chi connectivity index (χ0v) is 44.0. The Kier molecular flexibility index (Phi) is 21.3. The van der Waals surface area contributed by atoms with E-state index in [1.165, 1.54) is 6.92 Å². The summed E-state index contributed by atoms with van der Waals surface area (Å²) in [6.07, 6.45) is 5.44. The number of nitrogens with one attached hydrogen (secondary N) is 9. The number of para-hydroxylation sites is 1. The number of benzene rings is 3. The first-order valence-electron chi connectivity index (χ1n) is 26.7. The summed E-state index contributed by atoms with van der Waals surface area (Å²) >= 11 is 0. The van der Waals surface area contributed by atoms with Gasteiger partial charge < -0.3 is 64.7 Å². The molecular formula is C55H75N13O9. The minimum Gasteiger partial charge on any atom is -0.370 e. The zero-order chi connectivity index (χ0) is 55.5. The second-order valence-corrected chi connectivity index (χ2v) is 20.1. The van der Waals surface area contributed by atoms with Gasteiger partial charge in [0.15, 0.2) is 5.96 Å². The van der Waals surface area contributed by atoms with Crippen molar-refractivity contribution in [3.05, 3.63) is 84.1 Å². The number of fused-ring (bicyclic) bond motifs is 2. The van der Waals surface area contributed by atoms with Crippen LogP contribution in [0.5, 0.6) is 0 Å². The molecule has 1 aliphatic heterocycles. The first-order chi connectivity index (χ1) is 36.9. The maximum absolute atomic E-state index is 15.1. The zero-order valence-electron chi connectivity index (χ0n) is 44.0. The molecule has 1 spiro atoms. The average molecular weight is 1060 g/mol. The van der Waals surface area contributed by atoms with E-state index in [2.05, 4.69) is 52.5 Å². The standard InChI is InChI=1S/C55H75N13O9/c1-3-4-18-41(62-33(2)69)48(72)66-45-31-46(70)59-26-13-10-20-40(47(56)71)63-51(75)44(30-37-32-61-39-19-9-8-17-38(37)39)65-49(73)42(21-14-27-60-54(57)58)64-50(74)43(29-34-22-23-35-15-6-7-16-36(35)28-34)67-53(77)55(68-52(45)76)24-11-5-12-25-55/h6-9,15-17,19,22-23,28,32,40-45,61H,3-5,10-14,18,20-21,24-27,29-31H2,1-2H3,(H2,56,71)(H,59,70)(H,62,69)(H,63,75)(H,64,74)(H,65,73)(H,66,72)(H,67,77)(H,68,76)(H4,57,58,60)/t40-,41-,42-,43+,44-,45-/m0/s1. The van der Waals surface area contributed by atoms with E-state index >= 15 is 9.59 Å². The van der Waals surface area contributed by atoms with Gasteiger partial charge in [-0.25, -0.2) is 0 Å². The third kappa shape index (κ3) is 17.0. The second kappa shape index (κ2) is 28.2. The molecule has 1 aromatic heterocycles. The molecule has 1 saturated carbocycles. The highest BCUT2D eigenvalue weighted by molar-refractivity contribution is 6.00. The van der Waals surface area contributed by atoms with Crippen molar-refractivity contribution in [1.29, 1.82) is 0 Å². The van der Waals surface area contributed by atoms with Gasteiger partial charge in [0.2, 0.25) is 53.2 Å². The van der Waals surface area contributed by atoms with E-state index < -0.39 is 101 Å². The molecule has 15 N–H and O–H groups in total. The van der Waals surface area contributed by atoms with E-state index in [-0.39, 0.29) is 76.8 Å². The van der Waals surface area contributed by atoms with Crippen molar-refractivity contribution in [2.75, 3.05) is 13.1 Å². The normalized spacial score (nSPS) is 21.8. The van der Waals surface area contributed by atoms with Crippen LogP contribution >= 0.6 is 0 Å². The van der Waals surface area contributed by atoms with Crippen LogP contribution in [-0.4, -0.2) is 119 Å². The molecule has 0 bridgehead atoms. The molecular weight excluding hydrogens is 987 g/mol. The monoisotopic (exact) mass is 1060 g/mol. The molecule has 0 unspecified atom stereocenters. The van der Waals surface area contributed by atoms with Gasteiger partial charge in [-0.05, 0) is 79.3 Å². The number of H-pyrrole nitrogens is 1. The van der Waals surface area contributed by atoms with Crippen LogP contribution < -0.4 is 59.7 Å². The number of aromatic amines is 1. The first kappa shape index (κ1) is 58.2. The molecule has 4 aromatic rings. The van der Waals surface area contributed by atoms with Crippen LogP contribution in [0.1, 0.15) is 115 Å². The third-order valence-electron chi connectivity index (χ3n) is 14.2. The second-order valence-electron chi connectivity index (χ2n) is 20.1. The van der Waals surface area contributed by atoms with E-state index in [0.29, 0.717) is 43.2 Å². The number of unbranched alkanes of at least 4 members (excludes halogenated alkanes) is 1. The summed E-state index contributed by atoms with van der Waals surface area (Å²) in [5.41, 5.74) is 17.6. The summed E-state index contributed by atoms with van der Waals surface area (Å²) in [4.78, 5) is 134. The lowest BCUT2D eigenvalue weighted by Gasteiger charge is -2.38. The van der Waals surface area contributed by atoms with Gasteiger partial charge in [0, 0.05) is 50.0 Å². The van der Waals surface area contributed by atoms with Crippen LogP contribution in [0.15, 0.2) is 77.9 Å². The van der Waals surface area contributed by atoms with Gasteiger partial charge in [0.05, 0.1) is 6.42 Å². The molecule has 9 amide bonds. The quantitative estimate of drug-likeness (QED) is 0.0457. The van der Waals surface area contributed by atoms with Crippen molar-refractivity contribution in [2.24, 2.45) is 22.2 Å². The Hall–Kier alpha value is -8.04. The maximum atomic E-state index is 15.1. The molecule has 414 valence electrons. The van der Waals surface area contributed by atoms with Crippen molar-refractivity contribution < 1.29 is 43.2 Å². The summed E-state index contributed by atoms with van der Waals surface area (Å²) in [5, 5.41) is 24.9. The van der Waals surface area contributed by atoms with Crippen LogP contribution in [0.2, 0.25) is 0 Å². The molecule has 1 saturated heterocycles. The van der Waals surface area contributed by atoms with Crippen molar-refractivity contribution >= 4 is 80.8 Å². The number of rotatable bonds is 15. The number of guanidine groups is 1. The van der Waals surface area contributed by atoms with Gasteiger partial charge in [-0.3, -0.25) is 48.1 Å². The Labute approximate surface area is 447 Å².